The van der Waals surface area contributed by atoms with Crippen LogP contribution in [0.5, 0.6) is 0 Å². The lowest BCUT2D eigenvalue weighted by Gasteiger charge is -2.50. The largest absolute Gasteiger partial charge is 0.543 e. The molecule has 0 unspecified atom stereocenters. The Morgan fingerprint density at radius 2 is 2.24 bits per heavy atom. The van der Waals surface area contributed by atoms with Gasteiger partial charge in [-0.05, 0) is 6.42 Å². The normalized spacial score (nSPS) is 20.7. The number of fused-ring (bicyclic) bond motifs is 2. The Morgan fingerprint density at radius 3 is 2.95 bits per heavy atom. The van der Waals surface area contributed by atoms with Gasteiger partial charge in [0.25, 0.3) is 11.8 Å². The van der Waals surface area contributed by atoms with E-state index in [1.165, 1.54) is 11.8 Å². The second-order valence-corrected chi connectivity index (χ2v) is 10.3. The molecular weight excluding hydrogens is 542 g/mol. The molecule has 0 aromatic carbocycles. The minimum atomic E-state index is -1.49. The lowest BCUT2D eigenvalue weighted by atomic mass is 10.0. The van der Waals surface area contributed by atoms with Crippen LogP contribution in [0.3, 0.4) is 0 Å². The number of aliphatic carboxylic acids is 2. The third-order valence-electron chi connectivity index (χ3n) is 5.94. The topological polar surface area (TPSA) is 221 Å². The van der Waals surface area contributed by atoms with E-state index < -0.39 is 47.5 Å². The fourth-order valence-electron chi connectivity index (χ4n) is 4.31. The van der Waals surface area contributed by atoms with Crippen LogP contribution in [0.2, 0.25) is 0 Å². The molecule has 0 aliphatic carbocycles. The van der Waals surface area contributed by atoms with Crippen molar-refractivity contribution in [3.05, 3.63) is 29.4 Å². The maximum Gasteiger partial charge on any atom is 0.344 e. The van der Waals surface area contributed by atoms with Crippen LogP contribution in [-0.2, 0) is 37.1 Å². The average Bonchev–Trinajstić information content (AvgIpc) is 3.50. The molecule has 3 aliphatic heterocycles. The number of nitrogens with one attached hydrogen (secondary N) is 2. The van der Waals surface area contributed by atoms with Gasteiger partial charge in [0.2, 0.25) is 18.1 Å². The molecule has 1 saturated heterocycles. The SMILES string of the molecule is Nc1nc(C(=NOCC(=O)O)C(=O)N[C@@H]2C(=O)N3C(C(=O)[O-])=C(C[n+]4ccc5n4CCCN5)CS[C@H]23)ns1. The lowest BCUT2D eigenvalue weighted by Crippen LogP contribution is -2.71. The van der Waals surface area contributed by atoms with Crippen molar-refractivity contribution in [1.82, 2.24) is 24.3 Å². The van der Waals surface area contributed by atoms with E-state index in [-0.39, 0.29) is 29.0 Å². The van der Waals surface area contributed by atoms with Crippen molar-refractivity contribution in [2.45, 2.75) is 30.9 Å². The van der Waals surface area contributed by atoms with E-state index in [1.54, 1.807) is 0 Å². The highest BCUT2D eigenvalue weighted by Crippen LogP contribution is 2.40. The van der Waals surface area contributed by atoms with E-state index >= 15 is 0 Å². The lowest BCUT2D eigenvalue weighted by molar-refractivity contribution is -0.768. The van der Waals surface area contributed by atoms with Gasteiger partial charge in [-0.1, -0.05) is 5.16 Å². The predicted octanol–water partition coefficient (Wildman–Crippen LogP) is -3.07. The number of hydrogen-bond acceptors (Lipinski definition) is 13. The first-order valence-electron chi connectivity index (χ1n) is 11.3. The van der Waals surface area contributed by atoms with Gasteiger partial charge in [0.05, 0.1) is 24.3 Å². The van der Waals surface area contributed by atoms with Crippen LogP contribution in [-0.4, -0.2) is 83.8 Å². The maximum absolute atomic E-state index is 13.0. The smallest absolute Gasteiger partial charge is 0.344 e. The first-order valence-corrected chi connectivity index (χ1v) is 13.1. The highest BCUT2D eigenvalue weighted by molar-refractivity contribution is 8.00. The number of carbonyl (C=O) groups excluding carboxylic acids is 3. The zero-order valence-corrected chi connectivity index (χ0v) is 21.2. The van der Waals surface area contributed by atoms with Crippen molar-refractivity contribution in [3.8, 4) is 0 Å². The summed E-state index contributed by atoms with van der Waals surface area (Å²) in [5.41, 5.74) is 5.38. The van der Waals surface area contributed by atoms with Gasteiger partial charge in [0.1, 0.15) is 11.4 Å². The fraction of sp³-hybridized carbons (Fsp3) is 0.400. The Bertz CT molecular complexity index is 1380. The summed E-state index contributed by atoms with van der Waals surface area (Å²) >= 11 is 2.07. The number of carbonyl (C=O) groups is 4. The minimum Gasteiger partial charge on any atom is -0.543 e. The van der Waals surface area contributed by atoms with Crippen LogP contribution < -0.4 is 26.2 Å². The third-order valence-corrected chi connectivity index (χ3v) is 7.82. The maximum atomic E-state index is 13.0. The van der Waals surface area contributed by atoms with Crippen LogP contribution in [0.25, 0.3) is 0 Å². The van der Waals surface area contributed by atoms with E-state index in [2.05, 4.69) is 30.0 Å². The summed E-state index contributed by atoms with van der Waals surface area (Å²) < 4.78 is 7.77. The van der Waals surface area contributed by atoms with Gasteiger partial charge < -0.3 is 36.2 Å². The number of nitrogens with two attached hydrogens (primary N) is 1. The standard InChI is InChI=1S/C20H21N9O7S2/c21-20-24-15(26-38-20)12(25-36-7-11(30)31)16(32)23-13-17(33)29-14(19(34)35)9(8-37-18(13)29)6-27-5-2-10-22-3-1-4-28(10)27/h2,5,13,18H,1,3-4,6-8H2,(H5,21,23,24,26,30,31,32,34,35)/t13-,18-/m1/s1. The molecule has 16 nitrogen and oxygen atoms in total. The second kappa shape index (κ2) is 10.3. The summed E-state index contributed by atoms with van der Waals surface area (Å²) in [6, 6.07) is 0.823. The van der Waals surface area contributed by atoms with E-state index in [0.717, 1.165) is 41.8 Å². The molecule has 200 valence electrons. The minimum absolute atomic E-state index is 0.0293. The van der Waals surface area contributed by atoms with Crippen LogP contribution >= 0.6 is 23.3 Å². The molecule has 38 heavy (non-hydrogen) atoms. The van der Waals surface area contributed by atoms with E-state index in [4.69, 9.17) is 10.8 Å². The van der Waals surface area contributed by atoms with Gasteiger partial charge in [-0.2, -0.15) is 9.36 Å². The van der Waals surface area contributed by atoms with Crippen LogP contribution in [0.1, 0.15) is 12.2 Å². The monoisotopic (exact) mass is 563 g/mol. The van der Waals surface area contributed by atoms with E-state index in [1.807, 2.05) is 21.6 Å². The number of hydrogen-bond donors (Lipinski definition) is 4. The van der Waals surface area contributed by atoms with Gasteiger partial charge in [-0.3, -0.25) is 14.5 Å². The van der Waals surface area contributed by atoms with Crippen molar-refractivity contribution in [1.29, 1.82) is 0 Å². The highest BCUT2D eigenvalue weighted by Gasteiger charge is 2.53. The molecule has 2 atom stereocenters. The third kappa shape index (κ3) is 4.74. The molecule has 2 aromatic rings. The number of β-lactam (4-membered cyclic amide) rings is 1. The Hall–Kier alpha value is -4.19. The van der Waals surface area contributed by atoms with Gasteiger partial charge >= 0.3 is 5.97 Å². The molecule has 0 saturated carbocycles. The Labute approximate surface area is 222 Å². The molecule has 0 radical (unpaired) electrons. The summed E-state index contributed by atoms with van der Waals surface area (Å²) in [6.07, 6.45) is 2.77. The number of rotatable bonds is 9. The molecule has 2 amide bonds. The Morgan fingerprint density at radius 1 is 1.42 bits per heavy atom. The molecular formula is C20H21N9O7S2. The number of nitrogens with zero attached hydrogens (tertiary/aromatic N) is 6. The predicted molar refractivity (Wildman–Crippen MR) is 129 cm³/mol. The molecule has 5 heterocycles. The number of oxime groups is 1. The number of aromatic nitrogens is 4. The number of carboxylic acid groups (broad SMARTS) is 2. The molecule has 0 bridgehead atoms. The average molecular weight is 564 g/mol. The number of anilines is 2. The van der Waals surface area contributed by atoms with Crippen LogP contribution in [0.4, 0.5) is 10.9 Å². The number of carboxylic acids is 2. The Kier molecular flexibility index (Phi) is 6.89. The summed E-state index contributed by atoms with van der Waals surface area (Å²) in [7, 11) is 0. The second-order valence-electron chi connectivity index (χ2n) is 8.37. The quantitative estimate of drug-likeness (QED) is 0.103. The van der Waals surface area contributed by atoms with Gasteiger partial charge in [0, 0.05) is 29.4 Å². The molecule has 2 aromatic heterocycles. The molecule has 1 fully saturated rings. The van der Waals surface area contributed by atoms with E-state index in [0.29, 0.717) is 5.57 Å². The number of thioether (sulfide) groups is 1. The molecule has 0 spiro atoms. The van der Waals surface area contributed by atoms with Crippen molar-refractivity contribution in [3.63, 3.8) is 0 Å². The first kappa shape index (κ1) is 25.5. The van der Waals surface area contributed by atoms with Gasteiger partial charge in [0.15, 0.2) is 23.7 Å². The first-order chi connectivity index (χ1) is 18.2. The molecule has 5 rings (SSSR count). The van der Waals surface area contributed by atoms with Crippen molar-refractivity contribution >= 4 is 63.7 Å². The zero-order chi connectivity index (χ0) is 27.0. The van der Waals surface area contributed by atoms with E-state index in [9.17, 15) is 24.3 Å². The van der Waals surface area contributed by atoms with Gasteiger partial charge in [-0.15, -0.1) is 21.1 Å². The van der Waals surface area contributed by atoms with Crippen molar-refractivity contribution in [2.24, 2.45) is 5.16 Å². The zero-order valence-electron chi connectivity index (χ0n) is 19.5. The van der Waals surface area contributed by atoms with Crippen molar-refractivity contribution < 1.29 is 38.9 Å². The molecule has 5 N–H and O–H groups in total. The summed E-state index contributed by atoms with van der Waals surface area (Å²) in [6.45, 7) is 1.05. The van der Waals surface area contributed by atoms with Crippen molar-refractivity contribution in [2.75, 3.05) is 30.0 Å². The number of nitrogen functional groups attached to an aromatic ring is 1. The number of amides is 2. The molecule has 3 aliphatic rings. The Balaban J connectivity index is 1.34. The molecule has 18 heteroatoms. The highest BCUT2D eigenvalue weighted by atomic mass is 32.2. The summed E-state index contributed by atoms with van der Waals surface area (Å²) in [5, 5.41) is 29.5. The van der Waals surface area contributed by atoms with Crippen LogP contribution in [0, 0.1) is 0 Å². The van der Waals surface area contributed by atoms with Gasteiger partial charge in [-0.25, -0.2) is 4.79 Å². The fourth-order valence-corrected chi connectivity index (χ4v) is 6.08. The summed E-state index contributed by atoms with van der Waals surface area (Å²) in [5.74, 6) is -3.37. The summed E-state index contributed by atoms with van der Waals surface area (Å²) in [4.78, 5) is 58.5. The van der Waals surface area contributed by atoms with Crippen LogP contribution in [0.15, 0.2) is 28.7 Å².